The number of hydrogen-bond acceptors (Lipinski definition) is 4. The Morgan fingerprint density at radius 1 is 1.38 bits per heavy atom. The van der Waals surface area contributed by atoms with Crippen LogP contribution < -0.4 is 10.1 Å². The normalized spacial score (nSPS) is 9.76. The molecule has 0 fully saturated rings. The molecule has 0 aliphatic carbocycles. The van der Waals surface area contributed by atoms with Gasteiger partial charge < -0.3 is 10.1 Å². The van der Waals surface area contributed by atoms with E-state index in [1.54, 1.807) is 30.3 Å². The van der Waals surface area contributed by atoms with E-state index in [4.69, 9.17) is 22.8 Å². The van der Waals surface area contributed by atoms with Crippen LogP contribution >= 0.6 is 11.6 Å². The minimum absolute atomic E-state index is 0.154. The molecule has 5 nitrogen and oxygen atoms in total. The fraction of sp³-hybridized carbons (Fsp3) is 0.133. The fourth-order valence-corrected chi connectivity index (χ4v) is 1.93. The minimum Gasteiger partial charge on any atom is -0.480 e. The van der Waals surface area contributed by atoms with Gasteiger partial charge in [0.2, 0.25) is 5.88 Å². The number of halogens is 1. The smallest absolute Gasteiger partial charge is 0.253 e. The van der Waals surface area contributed by atoms with Gasteiger partial charge >= 0.3 is 0 Å². The Hall–Kier alpha value is -2.58. The molecule has 0 saturated heterocycles. The SMILES string of the molecule is C#CCNC(=O)c1ccc(-c2ccc(OC)nn2)cc1Cl. The lowest BCUT2D eigenvalue weighted by molar-refractivity contribution is 0.0959. The van der Waals surface area contributed by atoms with E-state index in [2.05, 4.69) is 21.4 Å². The van der Waals surface area contributed by atoms with E-state index in [1.165, 1.54) is 7.11 Å². The third-order valence-electron chi connectivity index (χ3n) is 2.71. The molecule has 1 aromatic heterocycles. The number of hydrogen-bond donors (Lipinski definition) is 1. The molecule has 0 saturated carbocycles. The van der Waals surface area contributed by atoms with Crippen LogP contribution in [0, 0.1) is 12.3 Å². The van der Waals surface area contributed by atoms with Gasteiger partial charge in [-0.15, -0.1) is 16.6 Å². The largest absolute Gasteiger partial charge is 0.480 e. The third kappa shape index (κ3) is 3.50. The molecule has 0 bridgehead atoms. The van der Waals surface area contributed by atoms with Crippen LogP contribution in [0.25, 0.3) is 11.3 Å². The number of benzene rings is 1. The van der Waals surface area contributed by atoms with Crippen molar-refractivity contribution in [1.29, 1.82) is 0 Å². The zero-order valence-electron chi connectivity index (χ0n) is 11.3. The van der Waals surface area contributed by atoms with Crippen LogP contribution in [0.2, 0.25) is 5.02 Å². The summed E-state index contributed by atoms with van der Waals surface area (Å²) in [6.07, 6.45) is 5.09. The topological polar surface area (TPSA) is 64.1 Å². The Labute approximate surface area is 127 Å². The average Bonchev–Trinajstić information content (AvgIpc) is 2.52. The number of nitrogens with one attached hydrogen (secondary N) is 1. The van der Waals surface area contributed by atoms with Crippen molar-refractivity contribution >= 4 is 17.5 Å². The second-order valence-corrected chi connectivity index (χ2v) is 4.45. The van der Waals surface area contributed by atoms with Gasteiger partial charge in [0.05, 0.1) is 29.9 Å². The van der Waals surface area contributed by atoms with Crippen LogP contribution in [0.1, 0.15) is 10.4 Å². The summed E-state index contributed by atoms with van der Waals surface area (Å²) in [6, 6.07) is 8.48. The van der Waals surface area contributed by atoms with Gasteiger partial charge in [0.15, 0.2) is 0 Å². The molecular formula is C15H12ClN3O2. The van der Waals surface area contributed by atoms with Crippen LogP contribution in [0.15, 0.2) is 30.3 Å². The summed E-state index contributed by atoms with van der Waals surface area (Å²) in [5.74, 6) is 2.44. The molecule has 6 heteroatoms. The van der Waals surface area contributed by atoms with Gasteiger partial charge in [-0.2, -0.15) is 0 Å². The maximum Gasteiger partial charge on any atom is 0.253 e. The molecule has 0 spiro atoms. The molecule has 0 unspecified atom stereocenters. The highest BCUT2D eigenvalue weighted by Crippen LogP contribution is 2.24. The van der Waals surface area contributed by atoms with E-state index in [-0.39, 0.29) is 12.5 Å². The zero-order chi connectivity index (χ0) is 15.2. The predicted molar refractivity (Wildman–Crippen MR) is 80.2 cm³/mol. The molecule has 0 radical (unpaired) electrons. The number of rotatable bonds is 4. The van der Waals surface area contributed by atoms with Crippen molar-refractivity contribution in [1.82, 2.24) is 15.5 Å². The summed E-state index contributed by atoms with van der Waals surface area (Å²) < 4.78 is 4.95. The quantitative estimate of drug-likeness (QED) is 0.879. The molecule has 0 aliphatic heterocycles. The summed E-state index contributed by atoms with van der Waals surface area (Å²) in [5, 5.41) is 10.8. The number of carbonyl (C=O) groups excluding carboxylic acids is 1. The molecule has 1 amide bonds. The van der Waals surface area contributed by atoms with Crippen molar-refractivity contribution in [3.8, 4) is 29.5 Å². The van der Waals surface area contributed by atoms with Crippen molar-refractivity contribution in [3.05, 3.63) is 40.9 Å². The van der Waals surface area contributed by atoms with Crippen LogP contribution in [0.3, 0.4) is 0 Å². The summed E-state index contributed by atoms with van der Waals surface area (Å²) >= 11 is 6.13. The van der Waals surface area contributed by atoms with Crippen LogP contribution in [0.5, 0.6) is 5.88 Å². The molecule has 106 valence electrons. The van der Waals surface area contributed by atoms with E-state index in [1.807, 2.05) is 0 Å². The van der Waals surface area contributed by atoms with Crippen LogP contribution in [0.4, 0.5) is 0 Å². The molecule has 1 N–H and O–H groups in total. The number of ether oxygens (including phenoxy) is 1. The molecule has 0 aliphatic rings. The van der Waals surface area contributed by atoms with Crippen molar-refractivity contribution < 1.29 is 9.53 Å². The van der Waals surface area contributed by atoms with E-state index < -0.39 is 0 Å². The lowest BCUT2D eigenvalue weighted by Gasteiger charge is -2.07. The Kier molecular flexibility index (Phi) is 4.75. The van der Waals surface area contributed by atoms with Crippen LogP contribution in [-0.4, -0.2) is 29.8 Å². The highest BCUT2D eigenvalue weighted by molar-refractivity contribution is 6.34. The highest BCUT2D eigenvalue weighted by Gasteiger charge is 2.11. The van der Waals surface area contributed by atoms with E-state index >= 15 is 0 Å². The fourth-order valence-electron chi connectivity index (χ4n) is 1.67. The first kappa shape index (κ1) is 14.8. The molecule has 1 heterocycles. The second-order valence-electron chi connectivity index (χ2n) is 4.04. The second kappa shape index (κ2) is 6.73. The number of methoxy groups -OCH3 is 1. The van der Waals surface area contributed by atoms with Crippen molar-refractivity contribution in [2.45, 2.75) is 0 Å². The Bertz CT molecular complexity index is 693. The Morgan fingerprint density at radius 3 is 2.76 bits per heavy atom. The monoisotopic (exact) mass is 301 g/mol. The number of carbonyl (C=O) groups is 1. The van der Waals surface area contributed by atoms with Gasteiger partial charge in [0, 0.05) is 11.6 Å². The van der Waals surface area contributed by atoms with Gasteiger partial charge in [-0.05, 0) is 18.2 Å². The standard InChI is InChI=1S/C15H12ClN3O2/c1-3-8-17-15(20)11-5-4-10(9-12(11)16)13-6-7-14(21-2)19-18-13/h1,4-7,9H,8H2,2H3,(H,17,20). The lowest BCUT2D eigenvalue weighted by Crippen LogP contribution is -2.23. The lowest BCUT2D eigenvalue weighted by atomic mass is 10.1. The Balaban J connectivity index is 2.25. The number of nitrogens with zero attached hydrogens (tertiary/aromatic N) is 2. The van der Waals surface area contributed by atoms with Gasteiger partial charge in [-0.25, -0.2) is 0 Å². The molecule has 0 atom stereocenters. The van der Waals surface area contributed by atoms with E-state index in [0.717, 1.165) is 5.56 Å². The number of aromatic nitrogens is 2. The average molecular weight is 302 g/mol. The summed E-state index contributed by atoms with van der Waals surface area (Å²) in [6.45, 7) is 0.154. The molecule has 21 heavy (non-hydrogen) atoms. The first-order chi connectivity index (χ1) is 10.2. The van der Waals surface area contributed by atoms with Gasteiger partial charge in [0.1, 0.15) is 0 Å². The van der Waals surface area contributed by atoms with Gasteiger partial charge in [-0.1, -0.05) is 23.6 Å². The number of amides is 1. The Morgan fingerprint density at radius 2 is 2.19 bits per heavy atom. The number of terminal acetylenes is 1. The molecule has 1 aromatic carbocycles. The molecule has 2 aromatic rings. The summed E-state index contributed by atoms with van der Waals surface area (Å²) in [7, 11) is 1.52. The van der Waals surface area contributed by atoms with Crippen molar-refractivity contribution in [2.75, 3.05) is 13.7 Å². The maximum absolute atomic E-state index is 11.8. The zero-order valence-corrected chi connectivity index (χ0v) is 12.0. The minimum atomic E-state index is -0.315. The van der Waals surface area contributed by atoms with Gasteiger partial charge in [0.25, 0.3) is 5.91 Å². The van der Waals surface area contributed by atoms with Gasteiger partial charge in [-0.3, -0.25) is 4.79 Å². The van der Waals surface area contributed by atoms with Crippen molar-refractivity contribution in [3.63, 3.8) is 0 Å². The summed E-state index contributed by atoms with van der Waals surface area (Å²) in [4.78, 5) is 11.8. The maximum atomic E-state index is 11.8. The first-order valence-corrected chi connectivity index (χ1v) is 6.43. The van der Waals surface area contributed by atoms with E-state index in [9.17, 15) is 4.79 Å². The van der Waals surface area contributed by atoms with E-state index in [0.29, 0.717) is 22.2 Å². The third-order valence-corrected chi connectivity index (χ3v) is 3.02. The summed E-state index contributed by atoms with van der Waals surface area (Å²) in [5.41, 5.74) is 1.74. The van der Waals surface area contributed by atoms with Crippen LogP contribution in [-0.2, 0) is 0 Å². The first-order valence-electron chi connectivity index (χ1n) is 6.05. The van der Waals surface area contributed by atoms with Crippen molar-refractivity contribution in [2.24, 2.45) is 0 Å². The predicted octanol–water partition coefficient (Wildman–Crippen LogP) is 2.17. The highest BCUT2D eigenvalue weighted by atomic mass is 35.5. The molecule has 2 rings (SSSR count). The molecular weight excluding hydrogens is 290 g/mol.